The first kappa shape index (κ1) is 18.4. The highest BCUT2D eigenvalue weighted by molar-refractivity contribution is 6.01. The molecule has 0 bridgehead atoms. The molecule has 1 aliphatic heterocycles. The van der Waals surface area contributed by atoms with Crippen LogP contribution in [0.4, 0.5) is 0 Å². The van der Waals surface area contributed by atoms with Gasteiger partial charge in [-0.3, -0.25) is 19.8 Å². The molecule has 9 nitrogen and oxygen atoms in total. The summed E-state index contributed by atoms with van der Waals surface area (Å²) in [7, 11) is 0. The van der Waals surface area contributed by atoms with Gasteiger partial charge in [0.05, 0.1) is 12.1 Å². The van der Waals surface area contributed by atoms with Crippen molar-refractivity contribution < 1.29 is 9.32 Å². The first-order chi connectivity index (χ1) is 14.8. The van der Waals surface area contributed by atoms with Gasteiger partial charge in [-0.2, -0.15) is 10.1 Å². The van der Waals surface area contributed by atoms with Gasteiger partial charge in [0.2, 0.25) is 6.39 Å². The average Bonchev–Trinajstić information content (AvgIpc) is 3.44. The normalized spacial score (nSPS) is 17.3. The molecule has 1 fully saturated rings. The van der Waals surface area contributed by atoms with Crippen LogP contribution in [0, 0.1) is 0 Å². The number of fused-ring (bicyclic) bond motifs is 1. The molecule has 152 valence electrons. The lowest BCUT2D eigenvalue weighted by molar-refractivity contribution is 0.0899. The molecule has 5 rings (SSSR count). The van der Waals surface area contributed by atoms with Crippen molar-refractivity contribution in [2.45, 2.75) is 25.4 Å². The van der Waals surface area contributed by atoms with E-state index in [-0.39, 0.29) is 11.9 Å². The fraction of sp³-hybridized carbons (Fsp3) is 0.286. The summed E-state index contributed by atoms with van der Waals surface area (Å²) in [6, 6.07) is 9.50. The number of amides is 1. The van der Waals surface area contributed by atoms with E-state index in [9.17, 15) is 4.79 Å². The van der Waals surface area contributed by atoms with E-state index in [0.717, 1.165) is 48.1 Å². The lowest BCUT2D eigenvalue weighted by Gasteiger charge is -2.32. The van der Waals surface area contributed by atoms with Gasteiger partial charge in [0.1, 0.15) is 5.69 Å². The summed E-state index contributed by atoms with van der Waals surface area (Å²) >= 11 is 0. The smallest absolute Gasteiger partial charge is 0.251 e. The highest BCUT2D eigenvalue weighted by Crippen LogP contribution is 2.26. The second kappa shape index (κ2) is 8.03. The Hall–Kier alpha value is -3.59. The molecule has 0 unspecified atom stereocenters. The van der Waals surface area contributed by atoms with Crippen LogP contribution in [0.2, 0.25) is 0 Å². The topological polar surface area (TPSA) is 113 Å². The van der Waals surface area contributed by atoms with Gasteiger partial charge in [-0.25, -0.2) is 0 Å². The molecule has 0 aliphatic carbocycles. The number of hydrogen-bond donors (Lipinski definition) is 2. The Balaban J connectivity index is 1.31. The van der Waals surface area contributed by atoms with Crippen LogP contribution in [0.15, 0.2) is 53.6 Å². The molecule has 30 heavy (non-hydrogen) atoms. The molecule has 1 saturated heterocycles. The Labute approximate surface area is 172 Å². The monoisotopic (exact) mass is 403 g/mol. The second-order valence-electron chi connectivity index (χ2n) is 7.46. The number of nitrogens with one attached hydrogen (secondary N) is 2. The molecular weight excluding hydrogens is 382 g/mol. The van der Waals surface area contributed by atoms with Gasteiger partial charge in [0.25, 0.3) is 5.91 Å². The number of aromatic nitrogens is 5. The van der Waals surface area contributed by atoms with Crippen molar-refractivity contribution in [1.29, 1.82) is 0 Å². The first-order valence-electron chi connectivity index (χ1n) is 9.93. The van der Waals surface area contributed by atoms with Crippen LogP contribution < -0.4 is 5.32 Å². The van der Waals surface area contributed by atoms with Crippen molar-refractivity contribution in [3.63, 3.8) is 0 Å². The zero-order chi connectivity index (χ0) is 20.3. The number of nitrogens with zero attached hydrogens (tertiary/aromatic N) is 5. The molecular formula is C21H21N7O2. The van der Waals surface area contributed by atoms with E-state index in [1.54, 1.807) is 12.4 Å². The minimum atomic E-state index is -0.0785. The Morgan fingerprint density at radius 2 is 2.17 bits per heavy atom. The van der Waals surface area contributed by atoms with Crippen molar-refractivity contribution in [3.8, 4) is 11.3 Å². The van der Waals surface area contributed by atoms with E-state index in [0.29, 0.717) is 17.9 Å². The number of likely N-dealkylation sites (tertiary alicyclic amines) is 1. The Bertz CT molecular complexity index is 1140. The van der Waals surface area contributed by atoms with Crippen LogP contribution in [-0.4, -0.2) is 55.3 Å². The summed E-state index contributed by atoms with van der Waals surface area (Å²) in [6.45, 7) is 2.34. The van der Waals surface area contributed by atoms with Crippen molar-refractivity contribution in [1.82, 2.24) is 35.5 Å². The Kier molecular flexibility index (Phi) is 4.94. The standard InChI is InChI=1S/C21H21N7O2/c29-21(24-16-2-1-9-28(11-16)12-19-23-13-30-27-19)15-3-4-18-17(10-15)20(26-25-18)14-5-7-22-8-6-14/h3-8,10,13,16H,1-2,9,11-12H2,(H,24,29)(H,25,26)/t16-/m1/s1. The third kappa shape index (κ3) is 3.79. The number of rotatable bonds is 5. The van der Waals surface area contributed by atoms with Crippen LogP contribution in [0.5, 0.6) is 0 Å². The highest BCUT2D eigenvalue weighted by atomic mass is 16.5. The summed E-state index contributed by atoms with van der Waals surface area (Å²) in [4.78, 5) is 23.3. The van der Waals surface area contributed by atoms with Gasteiger partial charge in [0, 0.05) is 41.5 Å². The molecule has 1 atom stereocenters. The number of benzene rings is 1. The molecule has 1 aliphatic rings. The molecule has 1 aromatic carbocycles. The first-order valence-corrected chi connectivity index (χ1v) is 9.93. The molecule has 3 aromatic heterocycles. The van der Waals surface area contributed by atoms with Gasteiger partial charge < -0.3 is 9.84 Å². The summed E-state index contributed by atoms with van der Waals surface area (Å²) in [5.41, 5.74) is 3.28. The van der Waals surface area contributed by atoms with E-state index < -0.39 is 0 Å². The van der Waals surface area contributed by atoms with E-state index in [2.05, 4.69) is 35.5 Å². The van der Waals surface area contributed by atoms with Crippen molar-refractivity contribution >= 4 is 16.8 Å². The fourth-order valence-electron chi connectivity index (χ4n) is 3.93. The number of pyridine rings is 1. The maximum absolute atomic E-state index is 12.9. The number of piperidine rings is 1. The molecule has 1 amide bonds. The Morgan fingerprint density at radius 3 is 3.00 bits per heavy atom. The SMILES string of the molecule is O=C(N[C@@H]1CCCN(Cc2ncon2)C1)c1ccc2[nH]nc(-c3ccncc3)c2c1. The zero-order valence-electron chi connectivity index (χ0n) is 16.3. The van der Waals surface area contributed by atoms with Crippen LogP contribution in [-0.2, 0) is 6.54 Å². The summed E-state index contributed by atoms with van der Waals surface area (Å²) < 4.78 is 4.81. The predicted molar refractivity (Wildman–Crippen MR) is 109 cm³/mol. The summed E-state index contributed by atoms with van der Waals surface area (Å²) in [6.07, 6.45) is 6.76. The minimum absolute atomic E-state index is 0.0785. The maximum atomic E-state index is 12.9. The van der Waals surface area contributed by atoms with Crippen molar-refractivity contribution in [2.24, 2.45) is 0 Å². The van der Waals surface area contributed by atoms with Crippen LogP contribution in [0.1, 0.15) is 29.0 Å². The third-order valence-electron chi connectivity index (χ3n) is 5.39. The quantitative estimate of drug-likeness (QED) is 0.526. The minimum Gasteiger partial charge on any atom is -0.348 e. The van der Waals surface area contributed by atoms with E-state index in [1.807, 2.05) is 30.3 Å². The van der Waals surface area contributed by atoms with Gasteiger partial charge in [-0.05, 0) is 49.7 Å². The van der Waals surface area contributed by atoms with Crippen molar-refractivity contribution in [2.75, 3.05) is 13.1 Å². The average molecular weight is 403 g/mol. The second-order valence-corrected chi connectivity index (χ2v) is 7.46. The summed E-state index contributed by atoms with van der Waals surface area (Å²) in [5.74, 6) is 0.584. The van der Waals surface area contributed by atoms with Gasteiger partial charge >= 0.3 is 0 Å². The Morgan fingerprint density at radius 1 is 1.27 bits per heavy atom. The number of carbonyl (C=O) groups excluding carboxylic acids is 1. The summed E-state index contributed by atoms with van der Waals surface area (Å²) in [5, 5.41) is 15.4. The molecule has 0 radical (unpaired) electrons. The largest absolute Gasteiger partial charge is 0.348 e. The fourth-order valence-corrected chi connectivity index (χ4v) is 3.93. The highest BCUT2D eigenvalue weighted by Gasteiger charge is 2.23. The van der Waals surface area contributed by atoms with Crippen LogP contribution >= 0.6 is 0 Å². The van der Waals surface area contributed by atoms with Crippen LogP contribution in [0.3, 0.4) is 0 Å². The van der Waals surface area contributed by atoms with E-state index >= 15 is 0 Å². The van der Waals surface area contributed by atoms with Crippen LogP contribution in [0.25, 0.3) is 22.2 Å². The molecule has 9 heteroatoms. The maximum Gasteiger partial charge on any atom is 0.251 e. The van der Waals surface area contributed by atoms with Crippen molar-refractivity contribution in [3.05, 3.63) is 60.5 Å². The third-order valence-corrected chi connectivity index (χ3v) is 5.39. The number of hydrogen-bond acceptors (Lipinski definition) is 7. The van der Waals surface area contributed by atoms with Gasteiger partial charge in [0.15, 0.2) is 5.82 Å². The van der Waals surface area contributed by atoms with Gasteiger partial charge in [-0.1, -0.05) is 5.16 Å². The number of H-pyrrole nitrogens is 1. The lowest BCUT2D eigenvalue weighted by Crippen LogP contribution is -2.47. The number of aromatic amines is 1. The van der Waals surface area contributed by atoms with Gasteiger partial charge in [-0.15, -0.1) is 0 Å². The van der Waals surface area contributed by atoms with E-state index in [4.69, 9.17) is 4.52 Å². The molecule has 2 N–H and O–H groups in total. The molecule has 0 spiro atoms. The zero-order valence-corrected chi connectivity index (χ0v) is 16.3. The number of carbonyl (C=O) groups is 1. The molecule has 0 saturated carbocycles. The predicted octanol–water partition coefficient (Wildman–Crippen LogP) is 2.40. The molecule has 4 aromatic rings. The molecule has 4 heterocycles. The van der Waals surface area contributed by atoms with E-state index in [1.165, 1.54) is 6.39 Å². The lowest BCUT2D eigenvalue weighted by atomic mass is 10.0.